The van der Waals surface area contributed by atoms with E-state index in [1.165, 1.54) is 12.8 Å². The molecule has 0 saturated carbocycles. The monoisotopic (exact) mass is 349 g/mol. The first kappa shape index (κ1) is 14.0. The van der Waals surface area contributed by atoms with Crippen LogP contribution in [0, 0.1) is 0 Å². The van der Waals surface area contributed by atoms with E-state index in [1.54, 1.807) is 11.3 Å². The zero-order valence-corrected chi connectivity index (χ0v) is 12.8. The number of halogens is 2. The summed E-state index contributed by atoms with van der Waals surface area (Å²) in [5.74, 6) is 1.40. The Morgan fingerprint density at radius 3 is 3.00 bits per heavy atom. The van der Waals surface area contributed by atoms with E-state index in [-0.39, 0.29) is 18.4 Å². The van der Waals surface area contributed by atoms with Gasteiger partial charge in [0.15, 0.2) is 0 Å². The molecule has 0 bridgehead atoms. The lowest BCUT2D eigenvalue weighted by Gasteiger charge is -2.19. The van der Waals surface area contributed by atoms with E-state index in [9.17, 15) is 0 Å². The minimum atomic E-state index is 0. The number of hydrogen-bond acceptors (Lipinski definition) is 5. The minimum absolute atomic E-state index is 0. The SMILES string of the molecule is Brc1csc(-c2noc([C@@H]3CCCCN3)n2)c1.Cl. The van der Waals surface area contributed by atoms with Crippen LogP contribution < -0.4 is 5.32 Å². The molecule has 1 fully saturated rings. The van der Waals surface area contributed by atoms with Crippen LogP contribution in [0.25, 0.3) is 10.7 Å². The number of thiophene rings is 1. The molecule has 0 unspecified atom stereocenters. The van der Waals surface area contributed by atoms with Crippen LogP contribution in [-0.4, -0.2) is 16.7 Å². The van der Waals surface area contributed by atoms with E-state index in [1.807, 2.05) is 11.4 Å². The summed E-state index contributed by atoms with van der Waals surface area (Å²) < 4.78 is 6.39. The molecule has 1 saturated heterocycles. The maximum Gasteiger partial charge on any atom is 0.244 e. The average Bonchev–Trinajstić information content (AvgIpc) is 2.98. The minimum Gasteiger partial charge on any atom is -0.337 e. The molecule has 0 aromatic carbocycles. The van der Waals surface area contributed by atoms with Gasteiger partial charge in [0.1, 0.15) is 0 Å². The first-order valence-corrected chi connectivity index (χ1v) is 7.31. The first-order chi connectivity index (χ1) is 8.33. The lowest BCUT2D eigenvalue weighted by atomic mass is 10.1. The fourth-order valence-electron chi connectivity index (χ4n) is 1.97. The molecular formula is C11H13BrClN3OS. The highest BCUT2D eigenvalue weighted by atomic mass is 79.9. The van der Waals surface area contributed by atoms with Gasteiger partial charge in [0.2, 0.25) is 11.7 Å². The van der Waals surface area contributed by atoms with E-state index >= 15 is 0 Å². The Labute approximate surface area is 124 Å². The van der Waals surface area contributed by atoms with Crippen LogP contribution in [0.4, 0.5) is 0 Å². The van der Waals surface area contributed by atoms with E-state index in [2.05, 4.69) is 31.4 Å². The Bertz CT molecular complexity index is 510. The zero-order chi connectivity index (χ0) is 11.7. The number of aromatic nitrogens is 2. The Morgan fingerprint density at radius 2 is 2.33 bits per heavy atom. The molecule has 3 rings (SSSR count). The second-order valence-corrected chi connectivity index (χ2v) is 5.91. The predicted octanol–water partition coefficient (Wildman–Crippen LogP) is 3.80. The topological polar surface area (TPSA) is 51.0 Å². The summed E-state index contributed by atoms with van der Waals surface area (Å²) >= 11 is 5.04. The number of hydrogen-bond donors (Lipinski definition) is 1. The Hall–Kier alpha value is -0.430. The lowest BCUT2D eigenvalue weighted by Crippen LogP contribution is -2.26. The summed E-state index contributed by atoms with van der Waals surface area (Å²) in [6, 6.07) is 2.24. The van der Waals surface area contributed by atoms with Crippen molar-refractivity contribution < 1.29 is 4.52 Å². The van der Waals surface area contributed by atoms with Gasteiger partial charge in [0.25, 0.3) is 0 Å². The largest absolute Gasteiger partial charge is 0.337 e. The number of piperidine rings is 1. The van der Waals surface area contributed by atoms with Gasteiger partial charge in [-0.3, -0.25) is 0 Å². The molecule has 1 N–H and O–H groups in total. The van der Waals surface area contributed by atoms with Crippen LogP contribution in [0.1, 0.15) is 31.2 Å². The molecular weight excluding hydrogens is 338 g/mol. The van der Waals surface area contributed by atoms with Crippen molar-refractivity contribution in [3.8, 4) is 10.7 Å². The molecule has 1 aliphatic heterocycles. The Balaban J connectivity index is 0.00000120. The van der Waals surface area contributed by atoms with Crippen LogP contribution in [0.15, 0.2) is 20.4 Å². The number of rotatable bonds is 2. The summed E-state index contributed by atoms with van der Waals surface area (Å²) in [7, 11) is 0. The molecule has 18 heavy (non-hydrogen) atoms. The van der Waals surface area contributed by atoms with Gasteiger partial charge in [0.05, 0.1) is 10.9 Å². The van der Waals surface area contributed by atoms with Crippen molar-refractivity contribution in [2.75, 3.05) is 6.54 Å². The van der Waals surface area contributed by atoms with Crippen molar-refractivity contribution in [2.24, 2.45) is 0 Å². The quantitative estimate of drug-likeness (QED) is 0.895. The van der Waals surface area contributed by atoms with Gasteiger partial charge in [0, 0.05) is 9.85 Å². The van der Waals surface area contributed by atoms with Gasteiger partial charge in [-0.1, -0.05) is 11.6 Å². The summed E-state index contributed by atoms with van der Waals surface area (Å²) in [5.41, 5.74) is 0. The van der Waals surface area contributed by atoms with Crippen molar-refractivity contribution in [1.82, 2.24) is 15.5 Å². The predicted molar refractivity (Wildman–Crippen MR) is 77.2 cm³/mol. The van der Waals surface area contributed by atoms with Gasteiger partial charge < -0.3 is 9.84 Å². The maximum atomic E-state index is 5.34. The second-order valence-electron chi connectivity index (χ2n) is 4.09. The Kier molecular flexibility index (Phi) is 4.77. The van der Waals surface area contributed by atoms with E-state index in [4.69, 9.17) is 4.52 Å². The second kappa shape index (κ2) is 6.14. The smallest absolute Gasteiger partial charge is 0.244 e. The molecule has 0 spiro atoms. The maximum absolute atomic E-state index is 5.34. The van der Waals surface area contributed by atoms with Crippen molar-refractivity contribution in [3.63, 3.8) is 0 Å². The van der Waals surface area contributed by atoms with Crippen LogP contribution in [0.5, 0.6) is 0 Å². The zero-order valence-electron chi connectivity index (χ0n) is 9.56. The molecule has 0 radical (unpaired) electrons. The van der Waals surface area contributed by atoms with Crippen molar-refractivity contribution in [1.29, 1.82) is 0 Å². The van der Waals surface area contributed by atoms with Crippen LogP contribution in [0.2, 0.25) is 0 Å². The summed E-state index contributed by atoms with van der Waals surface area (Å²) in [6.45, 7) is 1.03. The van der Waals surface area contributed by atoms with E-state index in [0.717, 1.165) is 22.3 Å². The summed E-state index contributed by atoms with van der Waals surface area (Å²) in [4.78, 5) is 5.50. The van der Waals surface area contributed by atoms with Crippen LogP contribution >= 0.6 is 39.7 Å². The third kappa shape index (κ3) is 2.93. The van der Waals surface area contributed by atoms with Gasteiger partial charge in [-0.25, -0.2) is 0 Å². The Morgan fingerprint density at radius 1 is 1.44 bits per heavy atom. The molecule has 4 nitrogen and oxygen atoms in total. The highest BCUT2D eigenvalue weighted by molar-refractivity contribution is 9.10. The van der Waals surface area contributed by atoms with Crippen molar-refractivity contribution in [2.45, 2.75) is 25.3 Å². The van der Waals surface area contributed by atoms with Crippen LogP contribution in [0.3, 0.4) is 0 Å². The molecule has 0 aliphatic carbocycles. The number of nitrogens with zero attached hydrogens (tertiary/aromatic N) is 2. The van der Waals surface area contributed by atoms with E-state index in [0.29, 0.717) is 11.7 Å². The molecule has 1 atom stereocenters. The molecule has 7 heteroatoms. The standard InChI is InChI=1S/C11H12BrN3OS.ClH/c12-7-5-9(17-6-7)10-14-11(16-15-10)8-3-1-2-4-13-8;/h5-6,8,13H,1-4H2;1H/t8-;/m0./s1. The number of nitrogens with one attached hydrogen (secondary N) is 1. The first-order valence-electron chi connectivity index (χ1n) is 5.64. The normalized spacial score (nSPS) is 19.5. The van der Waals surface area contributed by atoms with E-state index < -0.39 is 0 Å². The highest BCUT2D eigenvalue weighted by Crippen LogP contribution is 2.29. The third-order valence-electron chi connectivity index (χ3n) is 2.84. The molecule has 2 aromatic rings. The summed E-state index contributed by atoms with van der Waals surface area (Å²) in [5, 5.41) is 9.46. The fraction of sp³-hybridized carbons (Fsp3) is 0.455. The van der Waals surface area contributed by atoms with Gasteiger partial charge in [-0.15, -0.1) is 23.7 Å². The molecule has 0 amide bonds. The highest BCUT2D eigenvalue weighted by Gasteiger charge is 2.21. The third-order valence-corrected chi connectivity index (χ3v) is 4.53. The summed E-state index contributed by atoms with van der Waals surface area (Å²) in [6.07, 6.45) is 3.53. The van der Waals surface area contributed by atoms with Gasteiger partial charge in [-0.2, -0.15) is 4.98 Å². The lowest BCUT2D eigenvalue weighted by molar-refractivity contribution is 0.297. The molecule has 3 heterocycles. The van der Waals surface area contributed by atoms with Gasteiger partial charge in [-0.05, 0) is 41.4 Å². The average molecular weight is 351 g/mol. The van der Waals surface area contributed by atoms with Crippen LogP contribution in [-0.2, 0) is 0 Å². The van der Waals surface area contributed by atoms with Gasteiger partial charge >= 0.3 is 0 Å². The van der Waals surface area contributed by atoms with Crippen molar-refractivity contribution in [3.05, 3.63) is 21.8 Å². The van der Waals surface area contributed by atoms with Crippen molar-refractivity contribution >= 4 is 39.7 Å². The fourth-order valence-corrected chi connectivity index (χ4v) is 3.32. The molecule has 98 valence electrons. The molecule has 1 aliphatic rings. The molecule has 2 aromatic heterocycles.